The van der Waals surface area contributed by atoms with Crippen LogP contribution in [-0.2, 0) is 14.8 Å². The number of hydrogen-bond donors (Lipinski definition) is 1. The van der Waals surface area contributed by atoms with Crippen LogP contribution in [0, 0.1) is 6.92 Å². The monoisotopic (exact) mass is 407 g/mol. The van der Waals surface area contributed by atoms with Gasteiger partial charge in [-0.25, -0.2) is 13.4 Å². The minimum Gasteiger partial charge on any atom is -0.325 e. The molecule has 0 radical (unpaired) electrons. The molecule has 1 saturated carbocycles. The number of aryl methyl sites for hydroxylation is 1. The number of nitrogens with one attached hydrogen (secondary N) is 1. The van der Waals surface area contributed by atoms with Crippen molar-refractivity contribution in [2.24, 2.45) is 0 Å². The van der Waals surface area contributed by atoms with Gasteiger partial charge in [-0.05, 0) is 31.9 Å². The van der Waals surface area contributed by atoms with Crippen molar-refractivity contribution >= 4 is 33.0 Å². The van der Waals surface area contributed by atoms with Crippen LogP contribution < -0.4 is 5.32 Å². The van der Waals surface area contributed by atoms with Gasteiger partial charge in [-0.2, -0.15) is 4.31 Å². The summed E-state index contributed by atoms with van der Waals surface area (Å²) >= 11 is 1.57. The molecule has 1 aliphatic carbocycles. The predicted molar refractivity (Wildman–Crippen MR) is 109 cm³/mol. The molecule has 3 rings (SSSR count). The quantitative estimate of drug-likeness (QED) is 0.793. The summed E-state index contributed by atoms with van der Waals surface area (Å²) in [7, 11) is -3.44. The summed E-state index contributed by atoms with van der Waals surface area (Å²) in [6, 6.07) is 7.37. The minimum atomic E-state index is -3.44. The van der Waals surface area contributed by atoms with Crippen molar-refractivity contribution < 1.29 is 13.2 Å². The van der Waals surface area contributed by atoms with Gasteiger partial charge >= 0.3 is 0 Å². The number of sulfonamides is 1. The Bertz CT molecular complexity index is 902. The average molecular weight is 408 g/mol. The molecule has 1 aromatic heterocycles. The van der Waals surface area contributed by atoms with Gasteiger partial charge in [-0.3, -0.25) is 4.79 Å². The molecule has 0 atom stereocenters. The molecule has 1 amide bonds. The second kappa shape index (κ2) is 8.50. The molecule has 8 heteroatoms. The van der Waals surface area contributed by atoms with Crippen molar-refractivity contribution in [1.29, 1.82) is 0 Å². The summed E-state index contributed by atoms with van der Waals surface area (Å²) in [6.45, 7) is 1.80. The van der Waals surface area contributed by atoms with Gasteiger partial charge in [0.05, 0.1) is 23.5 Å². The van der Waals surface area contributed by atoms with E-state index < -0.39 is 10.0 Å². The molecule has 27 heavy (non-hydrogen) atoms. The fourth-order valence-electron chi connectivity index (χ4n) is 3.48. The lowest BCUT2D eigenvalue weighted by molar-refractivity contribution is -0.116. The van der Waals surface area contributed by atoms with Crippen LogP contribution in [0.25, 0.3) is 11.3 Å². The molecule has 1 aliphatic rings. The van der Waals surface area contributed by atoms with E-state index in [0.29, 0.717) is 5.69 Å². The molecule has 1 N–H and O–H groups in total. The van der Waals surface area contributed by atoms with E-state index in [-0.39, 0.29) is 18.5 Å². The van der Waals surface area contributed by atoms with Crippen LogP contribution in [0.3, 0.4) is 0 Å². The van der Waals surface area contributed by atoms with Gasteiger partial charge < -0.3 is 5.32 Å². The Labute approximate surface area is 164 Å². The Morgan fingerprint density at radius 2 is 2.04 bits per heavy atom. The summed E-state index contributed by atoms with van der Waals surface area (Å²) in [6.07, 6.45) is 5.96. The molecular formula is C19H25N3O3S2. The molecule has 6 nitrogen and oxygen atoms in total. The molecule has 0 saturated heterocycles. The smallest absolute Gasteiger partial charge is 0.239 e. The lowest BCUT2D eigenvalue weighted by Crippen LogP contribution is -2.45. The van der Waals surface area contributed by atoms with Gasteiger partial charge in [-0.1, -0.05) is 31.4 Å². The topological polar surface area (TPSA) is 79.4 Å². The second-order valence-corrected chi connectivity index (χ2v) is 9.98. The molecule has 146 valence electrons. The largest absolute Gasteiger partial charge is 0.325 e. The van der Waals surface area contributed by atoms with E-state index in [1.165, 1.54) is 10.6 Å². The zero-order valence-corrected chi connectivity index (χ0v) is 17.3. The van der Waals surface area contributed by atoms with E-state index in [9.17, 15) is 13.2 Å². The third-order valence-corrected chi connectivity index (χ3v) is 6.82. The van der Waals surface area contributed by atoms with Gasteiger partial charge in [0.15, 0.2) is 0 Å². The Morgan fingerprint density at radius 3 is 2.67 bits per heavy atom. The van der Waals surface area contributed by atoms with Gasteiger partial charge in [0.25, 0.3) is 0 Å². The molecule has 0 aliphatic heterocycles. The number of benzene rings is 1. The maximum absolute atomic E-state index is 12.5. The zero-order valence-electron chi connectivity index (χ0n) is 15.6. The van der Waals surface area contributed by atoms with Crippen LogP contribution in [0.5, 0.6) is 0 Å². The van der Waals surface area contributed by atoms with E-state index in [4.69, 9.17) is 0 Å². The van der Waals surface area contributed by atoms with Crippen LogP contribution in [0.2, 0.25) is 0 Å². The first-order chi connectivity index (χ1) is 12.8. The number of carbonyl (C=O) groups excluding carboxylic acids is 1. The Kier molecular flexibility index (Phi) is 6.29. The van der Waals surface area contributed by atoms with Crippen molar-refractivity contribution in [1.82, 2.24) is 9.29 Å². The average Bonchev–Trinajstić information content (AvgIpc) is 3.06. The van der Waals surface area contributed by atoms with E-state index >= 15 is 0 Å². The van der Waals surface area contributed by atoms with Crippen LogP contribution in [-0.4, -0.2) is 42.5 Å². The number of anilines is 1. The lowest BCUT2D eigenvalue weighted by Gasteiger charge is -2.31. The molecule has 2 aromatic rings. The predicted octanol–water partition coefficient (Wildman–Crippen LogP) is 3.65. The normalized spacial score (nSPS) is 15.8. The third kappa shape index (κ3) is 5.37. The van der Waals surface area contributed by atoms with Crippen LogP contribution in [0.15, 0.2) is 29.6 Å². The van der Waals surface area contributed by atoms with Crippen molar-refractivity contribution in [2.45, 2.75) is 45.1 Å². The number of carbonyl (C=O) groups is 1. The zero-order chi connectivity index (χ0) is 19.4. The fourth-order valence-corrected chi connectivity index (χ4v) is 5.21. The third-order valence-electron chi connectivity index (χ3n) is 4.77. The number of nitrogens with zero attached hydrogens (tertiary/aromatic N) is 2. The highest BCUT2D eigenvalue weighted by molar-refractivity contribution is 7.88. The van der Waals surface area contributed by atoms with E-state index in [1.54, 1.807) is 17.4 Å². The minimum absolute atomic E-state index is 0.0798. The highest BCUT2D eigenvalue weighted by Gasteiger charge is 2.29. The first kappa shape index (κ1) is 20.0. The Balaban J connectivity index is 1.70. The Morgan fingerprint density at radius 1 is 1.30 bits per heavy atom. The maximum atomic E-state index is 12.5. The SMILES string of the molecule is Cc1nc(-c2cccc(NC(=O)CN(C3CCCCC3)S(C)(=O)=O)c2)cs1. The van der Waals surface area contributed by atoms with Gasteiger partial charge in [0.1, 0.15) is 0 Å². The number of aromatic nitrogens is 1. The van der Waals surface area contributed by atoms with Crippen molar-refractivity contribution in [3.8, 4) is 11.3 Å². The molecule has 0 spiro atoms. The highest BCUT2D eigenvalue weighted by Crippen LogP contribution is 2.26. The molecule has 1 fully saturated rings. The summed E-state index contributed by atoms with van der Waals surface area (Å²) < 4.78 is 25.8. The van der Waals surface area contributed by atoms with Crippen LogP contribution in [0.4, 0.5) is 5.69 Å². The molecular weight excluding hydrogens is 382 g/mol. The van der Waals surface area contributed by atoms with Crippen LogP contribution >= 0.6 is 11.3 Å². The number of thiazole rings is 1. The molecule has 1 aromatic carbocycles. The number of rotatable bonds is 6. The summed E-state index contributed by atoms with van der Waals surface area (Å²) in [4.78, 5) is 17.0. The first-order valence-electron chi connectivity index (χ1n) is 9.12. The van der Waals surface area contributed by atoms with Crippen molar-refractivity contribution in [3.05, 3.63) is 34.7 Å². The Hall–Kier alpha value is -1.77. The second-order valence-electron chi connectivity index (χ2n) is 6.98. The first-order valence-corrected chi connectivity index (χ1v) is 11.8. The standard InChI is InChI=1S/C19H25N3O3S2/c1-14-20-18(13-26-14)15-7-6-8-16(11-15)21-19(23)12-22(27(2,24)25)17-9-4-3-5-10-17/h6-8,11,13,17H,3-5,9-10,12H2,1-2H3,(H,21,23). The lowest BCUT2D eigenvalue weighted by atomic mass is 9.95. The molecule has 1 heterocycles. The van der Waals surface area contributed by atoms with Gasteiger partial charge in [-0.15, -0.1) is 11.3 Å². The fraction of sp³-hybridized carbons (Fsp3) is 0.474. The van der Waals surface area contributed by atoms with Crippen molar-refractivity contribution in [2.75, 3.05) is 18.1 Å². The van der Waals surface area contributed by atoms with Gasteiger partial charge in [0, 0.05) is 22.7 Å². The number of amides is 1. The molecule has 0 bridgehead atoms. The van der Waals surface area contributed by atoms with E-state index in [1.807, 2.05) is 30.5 Å². The maximum Gasteiger partial charge on any atom is 0.239 e. The van der Waals surface area contributed by atoms with Crippen LogP contribution in [0.1, 0.15) is 37.1 Å². The van der Waals surface area contributed by atoms with E-state index in [2.05, 4.69) is 10.3 Å². The number of hydrogen-bond acceptors (Lipinski definition) is 5. The summed E-state index contributed by atoms with van der Waals surface area (Å²) in [5, 5.41) is 5.79. The highest BCUT2D eigenvalue weighted by atomic mass is 32.2. The van der Waals surface area contributed by atoms with E-state index in [0.717, 1.165) is 48.4 Å². The molecule has 0 unspecified atom stereocenters. The summed E-state index contributed by atoms with van der Waals surface area (Å²) in [5.41, 5.74) is 2.43. The van der Waals surface area contributed by atoms with Crippen molar-refractivity contribution in [3.63, 3.8) is 0 Å². The summed E-state index contributed by atoms with van der Waals surface area (Å²) in [5.74, 6) is -0.322. The van der Waals surface area contributed by atoms with Gasteiger partial charge in [0.2, 0.25) is 15.9 Å².